The van der Waals surface area contributed by atoms with E-state index in [4.69, 9.17) is 0 Å². The van der Waals surface area contributed by atoms with Crippen LogP contribution >= 0.6 is 0 Å². The van der Waals surface area contributed by atoms with Crippen LogP contribution in [0.3, 0.4) is 0 Å². The topological polar surface area (TPSA) is 50.1 Å². The van der Waals surface area contributed by atoms with E-state index in [1.54, 1.807) is 4.68 Å². The first-order valence-electron chi connectivity index (χ1n) is 5.51. The molecule has 1 aliphatic heterocycles. The molecule has 2 N–H and O–H groups in total. The molecule has 2 heterocycles. The summed E-state index contributed by atoms with van der Waals surface area (Å²) >= 11 is 0. The molecule has 0 bridgehead atoms. The van der Waals surface area contributed by atoms with Crippen LogP contribution in [-0.2, 0) is 13.5 Å². The van der Waals surface area contributed by atoms with Crippen LogP contribution < -0.4 is 5.32 Å². The van der Waals surface area contributed by atoms with Gasteiger partial charge in [-0.05, 0) is 24.4 Å². The first-order valence-corrected chi connectivity index (χ1v) is 5.51. The van der Waals surface area contributed by atoms with E-state index < -0.39 is 5.60 Å². The van der Waals surface area contributed by atoms with Crippen LogP contribution in [-0.4, -0.2) is 33.6 Å². The van der Waals surface area contributed by atoms with Crippen molar-refractivity contribution in [3.63, 3.8) is 0 Å². The molecule has 15 heavy (non-hydrogen) atoms. The standard InChI is InChI=1S/C11H19N3O/c1-9-6-12-4-3-11(9,15)5-10-7-13-14(2)8-10/h7-9,12,15H,3-6H2,1-2H3. The summed E-state index contributed by atoms with van der Waals surface area (Å²) in [4.78, 5) is 0. The number of nitrogens with one attached hydrogen (secondary N) is 1. The minimum absolute atomic E-state index is 0.298. The molecule has 2 unspecified atom stereocenters. The van der Waals surface area contributed by atoms with E-state index in [1.165, 1.54) is 0 Å². The van der Waals surface area contributed by atoms with E-state index in [0.717, 1.165) is 25.1 Å². The molecular formula is C11H19N3O. The van der Waals surface area contributed by atoms with Crippen molar-refractivity contribution in [2.45, 2.75) is 25.4 Å². The number of piperidine rings is 1. The van der Waals surface area contributed by atoms with E-state index >= 15 is 0 Å². The average Bonchev–Trinajstić information content (AvgIpc) is 2.57. The Hall–Kier alpha value is -0.870. The van der Waals surface area contributed by atoms with Crippen LogP contribution in [0.2, 0.25) is 0 Å². The highest BCUT2D eigenvalue weighted by molar-refractivity contribution is 5.10. The highest BCUT2D eigenvalue weighted by Crippen LogP contribution is 2.27. The summed E-state index contributed by atoms with van der Waals surface area (Å²) < 4.78 is 1.78. The molecule has 0 aliphatic carbocycles. The molecule has 1 aromatic rings. The minimum atomic E-state index is -0.561. The Morgan fingerprint density at radius 3 is 3.13 bits per heavy atom. The number of hydrogen-bond acceptors (Lipinski definition) is 3. The summed E-state index contributed by atoms with van der Waals surface area (Å²) in [6.45, 7) is 3.90. The fourth-order valence-electron chi connectivity index (χ4n) is 2.24. The summed E-state index contributed by atoms with van der Waals surface area (Å²) in [6.07, 6.45) is 5.35. The van der Waals surface area contributed by atoms with E-state index in [1.807, 2.05) is 19.4 Å². The van der Waals surface area contributed by atoms with Gasteiger partial charge < -0.3 is 10.4 Å². The number of aromatic nitrogens is 2. The molecule has 4 heteroatoms. The van der Waals surface area contributed by atoms with Crippen molar-refractivity contribution in [2.24, 2.45) is 13.0 Å². The summed E-state index contributed by atoms with van der Waals surface area (Å²) in [5, 5.41) is 18.0. The van der Waals surface area contributed by atoms with Gasteiger partial charge >= 0.3 is 0 Å². The van der Waals surface area contributed by atoms with Gasteiger partial charge in [-0.1, -0.05) is 6.92 Å². The lowest BCUT2D eigenvalue weighted by atomic mass is 9.79. The average molecular weight is 209 g/mol. The number of rotatable bonds is 2. The smallest absolute Gasteiger partial charge is 0.0738 e. The summed E-state index contributed by atoms with van der Waals surface area (Å²) in [5.74, 6) is 0.298. The van der Waals surface area contributed by atoms with Gasteiger partial charge in [0, 0.05) is 26.2 Å². The van der Waals surface area contributed by atoms with Crippen LogP contribution in [0.5, 0.6) is 0 Å². The Morgan fingerprint density at radius 2 is 2.53 bits per heavy atom. The van der Waals surface area contributed by atoms with E-state index in [9.17, 15) is 5.11 Å². The predicted octanol–water partition coefficient (Wildman–Crippen LogP) is 0.323. The first kappa shape index (κ1) is 10.6. The number of hydrogen-bond donors (Lipinski definition) is 2. The van der Waals surface area contributed by atoms with Crippen LogP contribution in [0.25, 0.3) is 0 Å². The van der Waals surface area contributed by atoms with Crippen molar-refractivity contribution in [2.75, 3.05) is 13.1 Å². The zero-order chi connectivity index (χ0) is 10.9. The second-order valence-electron chi connectivity index (χ2n) is 4.66. The maximum Gasteiger partial charge on any atom is 0.0738 e. The van der Waals surface area contributed by atoms with Crippen molar-refractivity contribution in [3.05, 3.63) is 18.0 Å². The van der Waals surface area contributed by atoms with Crippen LogP contribution in [0.15, 0.2) is 12.4 Å². The predicted molar refractivity (Wildman–Crippen MR) is 58.5 cm³/mol. The van der Waals surface area contributed by atoms with Gasteiger partial charge in [0.2, 0.25) is 0 Å². The summed E-state index contributed by atoms with van der Waals surface area (Å²) in [5.41, 5.74) is 0.558. The van der Waals surface area contributed by atoms with Crippen LogP contribution in [0, 0.1) is 5.92 Å². The Kier molecular flexibility index (Phi) is 2.80. The normalized spacial score (nSPS) is 31.8. The minimum Gasteiger partial charge on any atom is -0.389 e. The van der Waals surface area contributed by atoms with Crippen molar-refractivity contribution in [1.29, 1.82) is 0 Å². The van der Waals surface area contributed by atoms with Gasteiger partial charge in [0.1, 0.15) is 0 Å². The van der Waals surface area contributed by atoms with Gasteiger partial charge in [0.25, 0.3) is 0 Å². The van der Waals surface area contributed by atoms with E-state index in [0.29, 0.717) is 12.3 Å². The lowest BCUT2D eigenvalue weighted by Crippen LogP contribution is -2.50. The molecule has 1 saturated heterocycles. The number of aliphatic hydroxyl groups is 1. The molecule has 1 aliphatic rings. The van der Waals surface area contributed by atoms with Crippen LogP contribution in [0.4, 0.5) is 0 Å². The summed E-state index contributed by atoms with van der Waals surface area (Å²) in [7, 11) is 1.90. The maximum absolute atomic E-state index is 10.5. The maximum atomic E-state index is 10.5. The molecule has 0 amide bonds. The van der Waals surface area contributed by atoms with Crippen molar-refractivity contribution < 1.29 is 5.11 Å². The summed E-state index contributed by atoms with van der Waals surface area (Å²) in [6, 6.07) is 0. The molecule has 4 nitrogen and oxygen atoms in total. The lowest BCUT2D eigenvalue weighted by Gasteiger charge is -2.38. The number of aryl methyl sites for hydroxylation is 1. The fraction of sp³-hybridized carbons (Fsp3) is 0.727. The van der Waals surface area contributed by atoms with Gasteiger partial charge in [-0.2, -0.15) is 5.10 Å². The molecule has 2 atom stereocenters. The Balaban J connectivity index is 2.08. The molecule has 1 fully saturated rings. The third-order valence-electron chi connectivity index (χ3n) is 3.37. The second kappa shape index (κ2) is 3.94. The van der Waals surface area contributed by atoms with E-state index in [-0.39, 0.29) is 0 Å². The Labute approximate surface area is 90.3 Å². The zero-order valence-electron chi connectivity index (χ0n) is 9.40. The van der Waals surface area contributed by atoms with Crippen molar-refractivity contribution in [3.8, 4) is 0 Å². The third-order valence-corrected chi connectivity index (χ3v) is 3.37. The molecule has 0 spiro atoms. The highest BCUT2D eigenvalue weighted by atomic mass is 16.3. The third kappa shape index (κ3) is 2.21. The zero-order valence-corrected chi connectivity index (χ0v) is 9.40. The lowest BCUT2D eigenvalue weighted by molar-refractivity contribution is -0.0329. The Bertz CT molecular complexity index is 336. The Morgan fingerprint density at radius 1 is 1.73 bits per heavy atom. The highest BCUT2D eigenvalue weighted by Gasteiger charge is 2.36. The number of nitrogens with zero attached hydrogens (tertiary/aromatic N) is 2. The molecule has 84 valence electrons. The monoisotopic (exact) mass is 209 g/mol. The van der Waals surface area contributed by atoms with Crippen LogP contribution in [0.1, 0.15) is 18.9 Å². The molecule has 0 radical (unpaired) electrons. The van der Waals surface area contributed by atoms with Gasteiger partial charge in [-0.25, -0.2) is 0 Å². The largest absolute Gasteiger partial charge is 0.389 e. The SMILES string of the molecule is CC1CNCCC1(O)Cc1cnn(C)c1. The van der Waals surface area contributed by atoms with Crippen molar-refractivity contribution >= 4 is 0 Å². The van der Waals surface area contributed by atoms with Gasteiger partial charge in [0.15, 0.2) is 0 Å². The molecule has 2 rings (SSSR count). The van der Waals surface area contributed by atoms with Gasteiger partial charge in [0.05, 0.1) is 11.8 Å². The van der Waals surface area contributed by atoms with Crippen molar-refractivity contribution in [1.82, 2.24) is 15.1 Å². The van der Waals surface area contributed by atoms with Gasteiger partial charge in [-0.3, -0.25) is 4.68 Å². The fourth-order valence-corrected chi connectivity index (χ4v) is 2.24. The first-order chi connectivity index (χ1) is 7.10. The van der Waals surface area contributed by atoms with Gasteiger partial charge in [-0.15, -0.1) is 0 Å². The quantitative estimate of drug-likeness (QED) is 0.737. The molecule has 0 aromatic carbocycles. The molecule has 1 aromatic heterocycles. The molecular weight excluding hydrogens is 190 g/mol. The second-order valence-corrected chi connectivity index (χ2v) is 4.66. The van der Waals surface area contributed by atoms with E-state index in [2.05, 4.69) is 17.3 Å². The molecule has 0 saturated carbocycles.